The van der Waals surface area contributed by atoms with E-state index < -0.39 is 97.5 Å². The Morgan fingerprint density at radius 2 is 0.392 bits per heavy atom. The molecule has 102 heavy (non-hydrogen) atoms. The van der Waals surface area contributed by atoms with Crippen LogP contribution in [0.15, 0.2) is 0 Å². The van der Waals surface area contributed by atoms with E-state index >= 15 is 0 Å². The SMILES string of the molecule is CCCCCCCCCCCCCCCCCCCCCCC(=O)O[C@H](COC(=O)CCCCCCCCCCCCCCCCCCC)COP(=O)(O)OC[C@@H](O)COP(=O)(O)OC[C@@H](COC(=O)CCCCCCCCCCCCCC)OC(=O)CCCCCCCCCCCCCCC. The fourth-order valence-corrected chi connectivity index (χ4v) is 14.6. The summed E-state index contributed by atoms with van der Waals surface area (Å²) in [4.78, 5) is 73.1. The average Bonchev–Trinajstić information content (AvgIpc) is 0.908. The lowest BCUT2D eigenvalue weighted by molar-refractivity contribution is -0.161. The summed E-state index contributed by atoms with van der Waals surface area (Å²) < 4.78 is 68.8. The number of unbranched alkanes of at least 4 members (excludes halogenated alkanes) is 58. The summed E-state index contributed by atoms with van der Waals surface area (Å²) in [5.41, 5.74) is 0. The van der Waals surface area contributed by atoms with Crippen LogP contribution in [-0.4, -0.2) is 96.7 Å². The number of phosphoric acid groups is 2. The summed E-state index contributed by atoms with van der Waals surface area (Å²) >= 11 is 0. The molecular weight excluding hydrogens is 1330 g/mol. The second-order valence-corrected chi connectivity index (χ2v) is 32.8. The van der Waals surface area contributed by atoms with E-state index in [-0.39, 0.29) is 25.7 Å². The van der Waals surface area contributed by atoms with E-state index in [0.29, 0.717) is 25.7 Å². The number of aliphatic hydroxyl groups excluding tert-OH is 1. The maximum absolute atomic E-state index is 13.1. The Kier molecular flexibility index (Phi) is 75.8. The molecule has 0 amide bonds. The van der Waals surface area contributed by atoms with E-state index in [1.807, 2.05) is 0 Å². The van der Waals surface area contributed by atoms with Gasteiger partial charge in [-0.3, -0.25) is 37.3 Å². The number of phosphoric ester groups is 2. The van der Waals surface area contributed by atoms with Crippen LogP contribution < -0.4 is 0 Å². The van der Waals surface area contributed by atoms with E-state index in [1.165, 1.54) is 283 Å². The Balaban J connectivity index is 5.24. The van der Waals surface area contributed by atoms with Gasteiger partial charge in [0.05, 0.1) is 26.4 Å². The second-order valence-electron chi connectivity index (χ2n) is 29.9. The van der Waals surface area contributed by atoms with Gasteiger partial charge >= 0.3 is 39.5 Å². The average molecular weight is 1490 g/mol. The lowest BCUT2D eigenvalue weighted by Gasteiger charge is -2.21. The molecule has 0 spiro atoms. The van der Waals surface area contributed by atoms with Gasteiger partial charge in [-0.05, 0) is 25.7 Å². The highest BCUT2D eigenvalue weighted by atomic mass is 31.2. The molecule has 3 N–H and O–H groups in total. The number of esters is 4. The summed E-state index contributed by atoms with van der Waals surface area (Å²) in [6, 6.07) is 0. The molecule has 0 aliphatic carbocycles. The zero-order valence-electron chi connectivity index (χ0n) is 66.6. The molecule has 2 unspecified atom stereocenters. The first-order valence-electron chi connectivity index (χ1n) is 43.3. The maximum atomic E-state index is 13.1. The zero-order chi connectivity index (χ0) is 74.6. The van der Waals surface area contributed by atoms with Crippen LogP contribution in [0, 0.1) is 0 Å². The van der Waals surface area contributed by atoms with Crippen molar-refractivity contribution in [3.05, 3.63) is 0 Å². The first-order valence-corrected chi connectivity index (χ1v) is 46.3. The zero-order valence-corrected chi connectivity index (χ0v) is 68.4. The van der Waals surface area contributed by atoms with Crippen molar-refractivity contribution in [3.8, 4) is 0 Å². The smallest absolute Gasteiger partial charge is 0.462 e. The molecule has 0 bridgehead atoms. The van der Waals surface area contributed by atoms with E-state index in [0.717, 1.165) is 89.9 Å². The van der Waals surface area contributed by atoms with Crippen LogP contribution in [-0.2, 0) is 65.4 Å². The highest BCUT2D eigenvalue weighted by molar-refractivity contribution is 7.47. The van der Waals surface area contributed by atoms with Gasteiger partial charge in [0, 0.05) is 25.7 Å². The molecule has 17 nitrogen and oxygen atoms in total. The Morgan fingerprint density at radius 1 is 0.235 bits per heavy atom. The first kappa shape index (κ1) is 100. The molecule has 0 rings (SSSR count). The van der Waals surface area contributed by atoms with Gasteiger partial charge in [-0.25, -0.2) is 9.13 Å². The van der Waals surface area contributed by atoms with Crippen LogP contribution in [0.2, 0.25) is 0 Å². The predicted molar refractivity (Wildman–Crippen MR) is 419 cm³/mol. The third kappa shape index (κ3) is 76.3. The maximum Gasteiger partial charge on any atom is 0.472 e. The monoisotopic (exact) mass is 1490 g/mol. The summed E-state index contributed by atoms with van der Waals surface area (Å²) in [6.07, 6.45) is 70.7. The van der Waals surface area contributed by atoms with Crippen LogP contribution in [0.4, 0.5) is 0 Å². The van der Waals surface area contributed by atoms with Crippen molar-refractivity contribution in [1.82, 2.24) is 0 Å². The molecule has 5 atom stereocenters. The molecule has 0 aliphatic heterocycles. The normalized spacial score (nSPS) is 13.8. The number of rotatable bonds is 84. The van der Waals surface area contributed by atoms with E-state index in [2.05, 4.69) is 27.7 Å². The van der Waals surface area contributed by atoms with Gasteiger partial charge in [0.2, 0.25) is 0 Å². The molecule has 0 saturated heterocycles. The third-order valence-corrected chi connectivity index (χ3v) is 21.5. The van der Waals surface area contributed by atoms with Gasteiger partial charge in [-0.15, -0.1) is 0 Å². The molecule has 0 aromatic carbocycles. The lowest BCUT2D eigenvalue weighted by atomic mass is 10.0. The van der Waals surface area contributed by atoms with E-state index in [1.54, 1.807) is 0 Å². The van der Waals surface area contributed by atoms with Crippen molar-refractivity contribution in [3.63, 3.8) is 0 Å². The van der Waals surface area contributed by atoms with Crippen LogP contribution in [0.25, 0.3) is 0 Å². The van der Waals surface area contributed by atoms with Crippen molar-refractivity contribution < 1.29 is 80.2 Å². The highest BCUT2D eigenvalue weighted by Crippen LogP contribution is 2.45. The minimum Gasteiger partial charge on any atom is -0.462 e. The van der Waals surface area contributed by atoms with E-state index in [4.69, 9.17) is 37.0 Å². The number of hydrogen-bond donors (Lipinski definition) is 3. The van der Waals surface area contributed by atoms with Crippen molar-refractivity contribution in [2.75, 3.05) is 39.6 Å². The van der Waals surface area contributed by atoms with Crippen molar-refractivity contribution in [2.24, 2.45) is 0 Å². The second kappa shape index (κ2) is 77.2. The molecular formula is C83H162O17P2. The third-order valence-electron chi connectivity index (χ3n) is 19.6. The summed E-state index contributed by atoms with van der Waals surface area (Å²) in [5, 5.41) is 10.7. The molecule has 606 valence electrons. The highest BCUT2D eigenvalue weighted by Gasteiger charge is 2.30. The van der Waals surface area contributed by atoms with Gasteiger partial charge in [-0.1, -0.05) is 400 Å². The van der Waals surface area contributed by atoms with Crippen LogP contribution in [0.5, 0.6) is 0 Å². The fraction of sp³-hybridized carbons (Fsp3) is 0.952. The summed E-state index contributed by atoms with van der Waals surface area (Å²) in [5.74, 6) is -2.10. The molecule has 0 aromatic rings. The number of ether oxygens (including phenoxy) is 4. The lowest BCUT2D eigenvalue weighted by Crippen LogP contribution is -2.30. The van der Waals surface area contributed by atoms with Crippen LogP contribution in [0.1, 0.15) is 451 Å². The minimum atomic E-state index is -4.96. The molecule has 0 saturated carbocycles. The number of carbonyl (C=O) groups excluding carboxylic acids is 4. The van der Waals surface area contributed by atoms with E-state index in [9.17, 15) is 43.2 Å². The summed E-state index contributed by atoms with van der Waals surface area (Å²) in [7, 11) is -9.92. The van der Waals surface area contributed by atoms with Gasteiger partial charge in [0.1, 0.15) is 19.3 Å². The Bertz CT molecular complexity index is 1930. The Morgan fingerprint density at radius 3 is 0.578 bits per heavy atom. The van der Waals surface area contributed by atoms with Crippen molar-refractivity contribution in [2.45, 2.75) is 470 Å². The Hall–Kier alpha value is -1.94. The number of aliphatic hydroxyl groups is 1. The van der Waals surface area contributed by atoms with Crippen LogP contribution in [0.3, 0.4) is 0 Å². The number of carbonyl (C=O) groups is 4. The minimum absolute atomic E-state index is 0.109. The predicted octanol–water partition coefficient (Wildman–Crippen LogP) is 25.4. The molecule has 19 heteroatoms. The topological polar surface area (TPSA) is 237 Å². The molecule has 0 radical (unpaired) electrons. The molecule has 0 aliphatic rings. The van der Waals surface area contributed by atoms with Gasteiger partial charge in [0.15, 0.2) is 12.2 Å². The summed E-state index contributed by atoms with van der Waals surface area (Å²) in [6.45, 7) is 5.04. The molecule has 0 aromatic heterocycles. The molecule has 0 heterocycles. The van der Waals surface area contributed by atoms with Crippen LogP contribution >= 0.6 is 15.6 Å². The van der Waals surface area contributed by atoms with Crippen molar-refractivity contribution >= 4 is 39.5 Å². The number of hydrogen-bond acceptors (Lipinski definition) is 15. The molecule has 0 fully saturated rings. The van der Waals surface area contributed by atoms with Gasteiger partial charge in [0.25, 0.3) is 0 Å². The van der Waals surface area contributed by atoms with Crippen molar-refractivity contribution in [1.29, 1.82) is 0 Å². The van der Waals surface area contributed by atoms with Gasteiger partial charge in [-0.2, -0.15) is 0 Å². The first-order chi connectivity index (χ1) is 49.7. The largest absolute Gasteiger partial charge is 0.472 e. The quantitative estimate of drug-likeness (QED) is 0.0222. The van der Waals surface area contributed by atoms with Gasteiger partial charge < -0.3 is 33.8 Å². The fourth-order valence-electron chi connectivity index (χ4n) is 13.0. The Labute approximate surface area is 626 Å². The standard InChI is InChI=1S/C83H162O17P2/c1-5-9-13-17-21-25-29-33-35-37-38-39-41-43-46-50-54-58-62-66-70-83(88)100-79(74-94-81(86)68-64-60-56-52-48-45-42-40-36-34-30-26-22-18-14-10-6-2)76-98-102(91,92)96-72-77(84)71-95-101(89,90)97-75-78(73-93-80(85)67-63-59-55-51-47-32-28-24-20-16-12-8-4)99-82(87)69-65-61-57-53-49-44-31-27-23-19-15-11-7-3/h77-79,84H,5-76H2,1-4H3,(H,89,90)(H,91,92)/t77-,78+,79+/m0/s1.